The summed E-state index contributed by atoms with van der Waals surface area (Å²) in [6.07, 6.45) is 0.966. The lowest BCUT2D eigenvalue weighted by molar-refractivity contribution is 0.0704. The Bertz CT molecular complexity index is 1170. The number of amides is 3. The molecule has 1 heterocycles. The van der Waals surface area contributed by atoms with E-state index in [0.29, 0.717) is 38.3 Å². The van der Waals surface area contributed by atoms with Crippen LogP contribution in [-0.2, 0) is 13.0 Å². The van der Waals surface area contributed by atoms with Crippen LogP contribution in [0.5, 0.6) is 0 Å². The average molecular weight is 503 g/mol. The van der Waals surface area contributed by atoms with Gasteiger partial charge in [0, 0.05) is 57.1 Å². The Kier molecular flexibility index (Phi) is 8.90. The fraction of sp³-hybridized carbons (Fsp3) is 0.333. The highest BCUT2D eigenvalue weighted by Gasteiger charge is 2.23. The zero-order chi connectivity index (χ0) is 26.2. The van der Waals surface area contributed by atoms with Crippen LogP contribution in [0.3, 0.4) is 0 Å². The number of nitrogens with one attached hydrogen (secondary N) is 1. The average Bonchev–Trinajstić information content (AvgIpc) is 2.93. The molecule has 37 heavy (non-hydrogen) atoms. The fourth-order valence-corrected chi connectivity index (χ4v) is 4.40. The zero-order valence-electron chi connectivity index (χ0n) is 21.6. The molecule has 4 rings (SSSR count). The van der Waals surface area contributed by atoms with Gasteiger partial charge < -0.3 is 15.1 Å². The number of halogens is 1. The summed E-state index contributed by atoms with van der Waals surface area (Å²) in [6.45, 7) is 8.49. The highest BCUT2D eigenvalue weighted by molar-refractivity contribution is 5.94. The van der Waals surface area contributed by atoms with Gasteiger partial charge in [-0.15, -0.1) is 0 Å². The molecule has 1 aliphatic rings. The number of hydrogen-bond acceptors (Lipinski definition) is 3. The molecular weight excluding hydrogens is 467 g/mol. The number of nitrogens with zero attached hydrogens (tertiary/aromatic N) is 3. The Balaban J connectivity index is 1.32. The minimum absolute atomic E-state index is 0.0450. The predicted octanol–water partition coefficient (Wildman–Crippen LogP) is 5.19. The van der Waals surface area contributed by atoms with E-state index in [1.807, 2.05) is 65.3 Å². The van der Waals surface area contributed by atoms with Gasteiger partial charge in [-0.3, -0.25) is 9.69 Å². The maximum atomic E-state index is 13.4. The lowest BCUT2D eigenvalue weighted by Gasteiger charge is -2.36. The second-order valence-electron chi connectivity index (χ2n) is 9.53. The van der Waals surface area contributed by atoms with Gasteiger partial charge in [0.15, 0.2) is 0 Å². The number of anilines is 1. The van der Waals surface area contributed by atoms with E-state index in [0.717, 1.165) is 36.3 Å². The van der Waals surface area contributed by atoms with E-state index in [4.69, 9.17) is 0 Å². The van der Waals surface area contributed by atoms with E-state index in [1.54, 1.807) is 12.1 Å². The molecule has 1 aliphatic heterocycles. The molecule has 1 saturated heterocycles. The number of aryl methyl sites for hydroxylation is 2. The third kappa shape index (κ3) is 7.40. The second-order valence-corrected chi connectivity index (χ2v) is 9.53. The summed E-state index contributed by atoms with van der Waals surface area (Å²) in [5, 5.41) is 2.99. The largest absolute Gasteiger partial charge is 0.333 e. The van der Waals surface area contributed by atoms with Crippen molar-refractivity contribution in [2.75, 3.05) is 44.6 Å². The number of carbonyl (C=O) groups excluding carboxylic acids is 2. The fourth-order valence-electron chi connectivity index (χ4n) is 4.40. The number of hydrogen-bond donors (Lipinski definition) is 1. The standard InChI is InChI=1S/C30H35FN4O2/c1-3-24-8-14-28(15-9-24)32-30(37)34-19-16-33(17-20-34)18-21-35(22-25-6-12-27(31)13-7-25)29(36)26-10-4-23(2)5-11-26/h4-15H,3,16-22H2,1-2H3,(H,32,37). The van der Waals surface area contributed by atoms with Crippen LogP contribution in [0.15, 0.2) is 72.8 Å². The van der Waals surface area contributed by atoms with E-state index in [2.05, 4.69) is 17.1 Å². The van der Waals surface area contributed by atoms with E-state index in [-0.39, 0.29) is 17.8 Å². The van der Waals surface area contributed by atoms with Gasteiger partial charge in [-0.1, -0.05) is 48.9 Å². The van der Waals surface area contributed by atoms with Crippen molar-refractivity contribution >= 4 is 17.6 Å². The van der Waals surface area contributed by atoms with Crippen LogP contribution >= 0.6 is 0 Å². The summed E-state index contributed by atoms with van der Waals surface area (Å²) in [5.41, 5.74) is 4.66. The molecule has 0 unspecified atom stereocenters. The summed E-state index contributed by atoms with van der Waals surface area (Å²) >= 11 is 0. The number of urea groups is 1. The molecule has 194 valence electrons. The first kappa shape index (κ1) is 26.4. The molecule has 1 fully saturated rings. The van der Waals surface area contributed by atoms with Gasteiger partial charge in [0.2, 0.25) is 0 Å². The van der Waals surface area contributed by atoms with Crippen LogP contribution in [0.1, 0.15) is 34.0 Å². The molecule has 0 bridgehead atoms. The van der Waals surface area contributed by atoms with Crippen molar-refractivity contribution in [2.45, 2.75) is 26.8 Å². The first-order chi connectivity index (χ1) is 17.9. The van der Waals surface area contributed by atoms with Crippen LogP contribution in [0, 0.1) is 12.7 Å². The van der Waals surface area contributed by atoms with Gasteiger partial charge in [-0.2, -0.15) is 0 Å². The topological polar surface area (TPSA) is 55.9 Å². The van der Waals surface area contributed by atoms with Crippen LogP contribution in [0.2, 0.25) is 0 Å². The summed E-state index contributed by atoms with van der Waals surface area (Å²) in [7, 11) is 0. The first-order valence-electron chi connectivity index (χ1n) is 12.9. The molecule has 0 atom stereocenters. The van der Waals surface area contributed by atoms with Crippen molar-refractivity contribution in [1.82, 2.24) is 14.7 Å². The quantitative estimate of drug-likeness (QED) is 0.461. The van der Waals surface area contributed by atoms with Gasteiger partial charge in [-0.25, -0.2) is 9.18 Å². The lowest BCUT2D eigenvalue weighted by Crippen LogP contribution is -2.51. The van der Waals surface area contributed by atoms with Crippen LogP contribution in [0.4, 0.5) is 14.9 Å². The molecule has 0 radical (unpaired) electrons. The normalized spacial score (nSPS) is 13.9. The molecule has 7 heteroatoms. The molecule has 0 spiro atoms. The number of carbonyl (C=O) groups is 2. The van der Waals surface area contributed by atoms with Gasteiger partial charge in [-0.05, 0) is 60.9 Å². The Morgan fingerprint density at radius 2 is 1.49 bits per heavy atom. The highest BCUT2D eigenvalue weighted by atomic mass is 19.1. The van der Waals surface area contributed by atoms with Crippen molar-refractivity contribution in [3.63, 3.8) is 0 Å². The minimum atomic E-state index is -0.292. The van der Waals surface area contributed by atoms with Crippen molar-refractivity contribution in [3.8, 4) is 0 Å². The SMILES string of the molecule is CCc1ccc(NC(=O)N2CCN(CCN(Cc3ccc(F)cc3)C(=O)c3ccc(C)cc3)CC2)cc1. The van der Waals surface area contributed by atoms with E-state index in [9.17, 15) is 14.0 Å². The molecule has 3 aromatic rings. The van der Waals surface area contributed by atoms with Gasteiger partial charge in [0.25, 0.3) is 5.91 Å². The van der Waals surface area contributed by atoms with Crippen LogP contribution in [0.25, 0.3) is 0 Å². The van der Waals surface area contributed by atoms with Crippen molar-refractivity contribution < 1.29 is 14.0 Å². The summed E-state index contributed by atoms with van der Waals surface area (Å²) < 4.78 is 13.4. The Hall–Kier alpha value is -3.71. The van der Waals surface area contributed by atoms with Crippen molar-refractivity contribution in [2.24, 2.45) is 0 Å². The van der Waals surface area contributed by atoms with E-state index in [1.165, 1.54) is 17.7 Å². The number of benzene rings is 3. The minimum Gasteiger partial charge on any atom is -0.333 e. The third-order valence-corrected chi connectivity index (χ3v) is 6.83. The molecule has 0 saturated carbocycles. The van der Waals surface area contributed by atoms with Crippen LogP contribution in [-0.4, -0.2) is 65.9 Å². The monoisotopic (exact) mass is 502 g/mol. The molecule has 3 amide bonds. The molecule has 0 aliphatic carbocycles. The van der Waals surface area contributed by atoms with Crippen molar-refractivity contribution in [3.05, 3.63) is 101 Å². The molecular formula is C30H35FN4O2. The lowest BCUT2D eigenvalue weighted by atomic mass is 10.1. The Labute approximate surface area is 218 Å². The molecule has 0 aromatic heterocycles. The second kappa shape index (κ2) is 12.5. The maximum Gasteiger partial charge on any atom is 0.321 e. The first-order valence-corrected chi connectivity index (χ1v) is 12.9. The number of piperazine rings is 1. The Morgan fingerprint density at radius 3 is 2.11 bits per heavy atom. The van der Waals surface area contributed by atoms with E-state index < -0.39 is 0 Å². The summed E-state index contributed by atoms with van der Waals surface area (Å²) in [6, 6.07) is 21.7. The molecule has 6 nitrogen and oxygen atoms in total. The van der Waals surface area contributed by atoms with Gasteiger partial charge in [0.1, 0.15) is 5.82 Å². The third-order valence-electron chi connectivity index (χ3n) is 6.83. The highest BCUT2D eigenvalue weighted by Crippen LogP contribution is 2.14. The Morgan fingerprint density at radius 1 is 0.865 bits per heavy atom. The maximum absolute atomic E-state index is 13.4. The summed E-state index contributed by atoms with van der Waals surface area (Å²) in [4.78, 5) is 32.0. The molecule has 3 aromatic carbocycles. The summed E-state index contributed by atoms with van der Waals surface area (Å²) in [5.74, 6) is -0.337. The molecule has 1 N–H and O–H groups in total. The van der Waals surface area contributed by atoms with E-state index >= 15 is 0 Å². The predicted molar refractivity (Wildman–Crippen MR) is 145 cm³/mol. The van der Waals surface area contributed by atoms with Gasteiger partial charge in [0.05, 0.1) is 0 Å². The van der Waals surface area contributed by atoms with Crippen LogP contribution < -0.4 is 5.32 Å². The van der Waals surface area contributed by atoms with Crippen molar-refractivity contribution in [1.29, 1.82) is 0 Å². The number of rotatable bonds is 8. The zero-order valence-corrected chi connectivity index (χ0v) is 21.6. The van der Waals surface area contributed by atoms with Gasteiger partial charge >= 0.3 is 6.03 Å². The smallest absolute Gasteiger partial charge is 0.321 e.